The fourth-order valence-corrected chi connectivity index (χ4v) is 3.37. The third-order valence-electron chi connectivity index (χ3n) is 5.40. The molecule has 1 aromatic rings. The van der Waals surface area contributed by atoms with Crippen LogP contribution in [0.5, 0.6) is 0 Å². The first kappa shape index (κ1) is 22.9. The van der Waals surface area contributed by atoms with Crippen LogP contribution in [-0.2, 0) is 16.0 Å². The molecule has 156 valence electrons. The first-order valence-electron chi connectivity index (χ1n) is 9.94. The molecule has 2 fully saturated rings. The van der Waals surface area contributed by atoms with Gasteiger partial charge in [0.1, 0.15) is 6.54 Å². The van der Waals surface area contributed by atoms with Crippen molar-refractivity contribution in [1.82, 2.24) is 15.5 Å². The van der Waals surface area contributed by atoms with Gasteiger partial charge < -0.3 is 20.3 Å². The van der Waals surface area contributed by atoms with Crippen molar-refractivity contribution in [3.63, 3.8) is 0 Å². The number of nitrogens with zero attached hydrogens (tertiary/aromatic N) is 2. The van der Waals surface area contributed by atoms with Gasteiger partial charge in [-0.3, -0.25) is 4.79 Å². The van der Waals surface area contributed by atoms with Crippen LogP contribution in [0.4, 0.5) is 0 Å². The monoisotopic (exact) mass is 500 g/mol. The molecule has 1 aliphatic carbocycles. The summed E-state index contributed by atoms with van der Waals surface area (Å²) in [7, 11) is 3.51. The van der Waals surface area contributed by atoms with Crippen molar-refractivity contribution >= 4 is 35.8 Å². The van der Waals surface area contributed by atoms with Crippen molar-refractivity contribution < 1.29 is 9.53 Å². The van der Waals surface area contributed by atoms with Gasteiger partial charge in [-0.25, -0.2) is 4.99 Å². The molecule has 1 heterocycles. The van der Waals surface area contributed by atoms with Crippen LogP contribution in [0.3, 0.4) is 0 Å². The standard InChI is InChI=1S/C21H32N4O2.HI/c1-25(2)19(26)15-23-20(22-14-18-9-6-12-27-18)24-16-21(10-11-21)13-17-7-4-3-5-8-17;/h3-5,7-8,18H,6,9-16H2,1-2H3,(H2,22,23,24);1H. The third-order valence-corrected chi connectivity index (χ3v) is 5.40. The van der Waals surface area contributed by atoms with E-state index in [1.807, 2.05) is 0 Å². The molecule has 7 heteroatoms. The molecule has 2 N–H and O–H groups in total. The smallest absolute Gasteiger partial charge is 0.243 e. The van der Waals surface area contributed by atoms with Crippen molar-refractivity contribution in [1.29, 1.82) is 0 Å². The Hall–Kier alpha value is -1.35. The minimum absolute atomic E-state index is 0. The molecular weight excluding hydrogens is 467 g/mol. The number of rotatable bonds is 8. The summed E-state index contributed by atoms with van der Waals surface area (Å²) in [5.41, 5.74) is 1.68. The zero-order chi connectivity index (χ0) is 19.1. The fraction of sp³-hybridized carbons (Fsp3) is 0.619. The summed E-state index contributed by atoms with van der Waals surface area (Å²) in [6, 6.07) is 10.6. The molecule has 1 amide bonds. The van der Waals surface area contributed by atoms with Crippen LogP contribution in [0, 0.1) is 5.41 Å². The van der Waals surface area contributed by atoms with Crippen LogP contribution in [0.15, 0.2) is 35.3 Å². The molecule has 0 spiro atoms. The molecule has 28 heavy (non-hydrogen) atoms. The number of carbonyl (C=O) groups is 1. The van der Waals surface area contributed by atoms with E-state index in [2.05, 4.69) is 46.0 Å². The van der Waals surface area contributed by atoms with Crippen molar-refractivity contribution in [2.75, 3.05) is 40.3 Å². The summed E-state index contributed by atoms with van der Waals surface area (Å²) in [4.78, 5) is 18.0. The van der Waals surface area contributed by atoms with Crippen LogP contribution < -0.4 is 10.6 Å². The number of hydrogen-bond acceptors (Lipinski definition) is 3. The van der Waals surface area contributed by atoms with E-state index in [1.165, 1.54) is 18.4 Å². The summed E-state index contributed by atoms with van der Waals surface area (Å²) < 4.78 is 5.68. The molecule has 0 radical (unpaired) electrons. The molecule has 1 saturated carbocycles. The maximum Gasteiger partial charge on any atom is 0.243 e. The third kappa shape index (κ3) is 7.24. The second-order valence-electron chi connectivity index (χ2n) is 7.98. The molecule has 3 rings (SSSR count). The number of likely N-dealkylation sites (N-methyl/N-ethyl adjacent to an activating group) is 1. The van der Waals surface area contributed by atoms with Gasteiger partial charge in [0.2, 0.25) is 5.91 Å². The summed E-state index contributed by atoms with van der Waals surface area (Å²) in [6.45, 7) is 2.59. The van der Waals surface area contributed by atoms with E-state index in [0.29, 0.717) is 11.4 Å². The van der Waals surface area contributed by atoms with Gasteiger partial charge in [-0.15, -0.1) is 24.0 Å². The van der Waals surface area contributed by atoms with E-state index in [4.69, 9.17) is 4.74 Å². The highest BCUT2D eigenvalue weighted by atomic mass is 127. The first-order valence-corrected chi connectivity index (χ1v) is 9.94. The quantitative estimate of drug-likeness (QED) is 0.327. The molecule has 0 aromatic heterocycles. The van der Waals surface area contributed by atoms with Crippen LogP contribution in [0.2, 0.25) is 0 Å². The van der Waals surface area contributed by atoms with Gasteiger partial charge in [-0.1, -0.05) is 30.3 Å². The van der Waals surface area contributed by atoms with E-state index in [0.717, 1.165) is 39.0 Å². The minimum atomic E-state index is -0.00126. The van der Waals surface area contributed by atoms with Crippen LogP contribution in [0.1, 0.15) is 31.2 Å². The Kier molecular flexibility index (Phi) is 9.01. The average molecular weight is 500 g/mol. The normalized spacial score (nSPS) is 20.2. The van der Waals surface area contributed by atoms with Gasteiger partial charge in [0.15, 0.2) is 5.96 Å². The molecule has 1 saturated heterocycles. The Bertz CT molecular complexity index is 641. The minimum Gasteiger partial charge on any atom is -0.376 e. The number of carbonyl (C=O) groups excluding carboxylic acids is 1. The van der Waals surface area contributed by atoms with E-state index in [9.17, 15) is 4.79 Å². The van der Waals surface area contributed by atoms with E-state index in [-0.39, 0.29) is 42.5 Å². The SMILES string of the molecule is CN(C)C(=O)CN=C(NCC1CCCO1)NCC1(Cc2ccccc2)CC1.I. The van der Waals surface area contributed by atoms with Gasteiger partial charge in [0.25, 0.3) is 0 Å². The lowest BCUT2D eigenvalue weighted by Crippen LogP contribution is -2.44. The molecular formula is C21H33IN4O2. The number of guanidine groups is 1. The number of nitrogens with one attached hydrogen (secondary N) is 2. The van der Waals surface area contributed by atoms with Gasteiger partial charge in [0, 0.05) is 33.8 Å². The van der Waals surface area contributed by atoms with Crippen molar-refractivity contribution in [2.45, 2.75) is 38.2 Å². The van der Waals surface area contributed by atoms with Crippen LogP contribution in [-0.4, -0.2) is 63.2 Å². The van der Waals surface area contributed by atoms with Crippen molar-refractivity contribution in [3.8, 4) is 0 Å². The van der Waals surface area contributed by atoms with Gasteiger partial charge in [-0.05, 0) is 43.1 Å². The highest BCUT2D eigenvalue weighted by molar-refractivity contribution is 14.0. The second kappa shape index (κ2) is 11.0. The van der Waals surface area contributed by atoms with Gasteiger partial charge in [0.05, 0.1) is 6.10 Å². The van der Waals surface area contributed by atoms with Crippen molar-refractivity contribution in [2.24, 2.45) is 10.4 Å². The molecule has 0 bridgehead atoms. The predicted molar refractivity (Wildman–Crippen MR) is 123 cm³/mol. The van der Waals surface area contributed by atoms with Gasteiger partial charge >= 0.3 is 0 Å². The van der Waals surface area contributed by atoms with Crippen LogP contribution in [0.25, 0.3) is 0 Å². The zero-order valence-corrected chi connectivity index (χ0v) is 19.3. The van der Waals surface area contributed by atoms with E-state index < -0.39 is 0 Å². The summed E-state index contributed by atoms with van der Waals surface area (Å²) >= 11 is 0. The number of ether oxygens (including phenoxy) is 1. The highest BCUT2D eigenvalue weighted by Crippen LogP contribution is 2.47. The predicted octanol–water partition coefficient (Wildman–Crippen LogP) is 2.43. The Morgan fingerprint density at radius 3 is 2.61 bits per heavy atom. The number of benzene rings is 1. The van der Waals surface area contributed by atoms with E-state index in [1.54, 1.807) is 19.0 Å². The maximum absolute atomic E-state index is 11.9. The summed E-state index contributed by atoms with van der Waals surface area (Å²) in [5.74, 6) is 0.707. The molecule has 1 aromatic carbocycles. The molecule has 2 aliphatic rings. The van der Waals surface area contributed by atoms with Crippen LogP contribution >= 0.6 is 24.0 Å². The average Bonchev–Trinajstić information content (AvgIpc) is 3.22. The second-order valence-corrected chi connectivity index (χ2v) is 7.98. The van der Waals surface area contributed by atoms with Gasteiger partial charge in [-0.2, -0.15) is 0 Å². The molecule has 1 atom stereocenters. The first-order chi connectivity index (χ1) is 13.1. The Morgan fingerprint density at radius 1 is 1.25 bits per heavy atom. The largest absolute Gasteiger partial charge is 0.376 e. The zero-order valence-electron chi connectivity index (χ0n) is 16.9. The number of hydrogen-bond donors (Lipinski definition) is 2. The lowest BCUT2D eigenvalue weighted by Gasteiger charge is -2.20. The highest BCUT2D eigenvalue weighted by Gasteiger charge is 2.42. The van der Waals surface area contributed by atoms with E-state index >= 15 is 0 Å². The topological polar surface area (TPSA) is 66.0 Å². The number of amides is 1. The Labute approximate surface area is 185 Å². The van der Waals surface area contributed by atoms with Crippen molar-refractivity contribution in [3.05, 3.63) is 35.9 Å². The maximum atomic E-state index is 11.9. The molecule has 1 aliphatic heterocycles. The lowest BCUT2D eigenvalue weighted by atomic mass is 9.96. The molecule has 6 nitrogen and oxygen atoms in total. The summed E-state index contributed by atoms with van der Waals surface area (Å²) in [5, 5.41) is 6.84. The Morgan fingerprint density at radius 2 is 2.00 bits per heavy atom. The molecule has 1 unspecified atom stereocenters. The fourth-order valence-electron chi connectivity index (χ4n) is 3.37. The lowest BCUT2D eigenvalue weighted by molar-refractivity contribution is -0.127. The Balaban J connectivity index is 0.00000280. The number of halogens is 1. The number of aliphatic imine (C=N–C) groups is 1. The summed E-state index contributed by atoms with van der Waals surface area (Å²) in [6.07, 6.45) is 5.96.